The molecule has 6 rings (SSSR count). The van der Waals surface area contributed by atoms with Crippen molar-refractivity contribution in [1.82, 2.24) is 14.8 Å². The highest BCUT2D eigenvalue weighted by molar-refractivity contribution is 7.98. The molecular weight excluding hydrogens is 625 g/mol. The molecule has 7 nitrogen and oxygen atoms in total. The van der Waals surface area contributed by atoms with Crippen LogP contribution in [0, 0.1) is 13.8 Å². The van der Waals surface area contributed by atoms with Crippen molar-refractivity contribution in [3.63, 3.8) is 0 Å². The SMILES string of the molecule is CC1=C(C(=O)Nc2cccc(C)c2C)C(c2ccc(OCc3c(Cl)cccc3Cl)cc2)n2nc(SCc3ccccc3)nc2N1. The lowest BCUT2D eigenvalue weighted by atomic mass is 9.94. The number of nitrogens with zero attached hydrogens (tertiary/aromatic N) is 3. The van der Waals surface area contributed by atoms with Crippen molar-refractivity contribution >= 4 is 52.5 Å². The van der Waals surface area contributed by atoms with Gasteiger partial charge in [0, 0.05) is 32.7 Å². The second kappa shape index (κ2) is 13.4. The van der Waals surface area contributed by atoms with Crippen molar-refractivity contribution in [2.45, 2.75) is 44.3 Å². The molecule has 0 radical (unpaired) electrons. The van der Waals surface area contributed by atoms with E-state index < -0.39 is 6.04 Å². The van der Waals surface area contributed by atoms with Crippen molar-refractivity contribution in [2.24, 2.45) is 0 Å². The van der Waals surface area contributed by atoms with Gasteiger partial charge in [-0.25, -0.2) is 4.68 Å². The van der Waals surface area contributed by atoms with Gasteiger partial charge < -0.3 is 15.4 Å². The number of hydrogen-bond donors (Lipinski definition) is 2. The lowest BCUT2D eigenvalue weighted by Crippen LogP contribution is -2.31. The van der Waals surface area contributed by atoms with Crippen LogP contribution in [-0.2, 0) is 17.2 Å². The van der Waals surface area contributed by atoms with Crippen LogP contribution in [0.25, 0.3) is 0 Å². The van der Waals surface area contributed by atoms with Crippen LogP contribution in [-0.4, -0.2) is 20.7 Å². The molecule has 4 aromatic carbocycles. The fourth-order valence-electron chi connectivity index (χ4n) is 5.17. The first kappa shape index (κ1) is 30.8. The number of allylic oxidation sites excluding steroid dienone is 1. The lowest BCUT2D eigenvalue weighted by molar-refractivity contribution is -0.113. The summed E-state index contributed by atoms with van der Waals surface area (Å²) in [4.78, 5) is 18.8. The molecule has 1 atom stereocenters. The molecule has 45 heavy (non-hydrogen) atoms. The van der Waals surface area contributed by atoms with Crippen molar-refractivity contribution in [1.29, 1.82) is 0 Å². The normalized spacial score (nSPS) is 14.1. The predicted octanol–water partition coefficient (Wildman–Crippen LogP) is 9.00. The summed E-state index contributed by atoms with van der Waals surface area (Å²) >= 11 is 14.2. The number of aryl methyl sites for hydroxylation is 1. The topological polar surface area (TPSA) is 81.1 Å². The number of ether oxygens (including phenoxy) is 1. The molecule has 0 fully saturated rings. The number of thioether (sulfide) groups is 1. The van der Waals surface area contributed by atoms with Crippen LogP contribution in [0.15, 0.2) is 107 Å². The average molecular weight is 657 g/mol. The summed E-state index contributed by atoms with van der Waals surface area (Å²) in [5.41, 5.74) is 6.90. The Kier molecular flexibility index (Phi) is 9.16. The van der Waals surface area contributed by atoms with Crippen LogP contribution in [0.3, 0.4) is 0 Å². The molecule has 5 aromatic rings. The molecule has 10 heteroatoms. The zero-order valence-electron chi connectivity index (χ0n) is 25.0. The highest BCUT2D eigenvalue weighted by atomic mass is 35.5. The van der Waals surface area contributed by atoms with Gasteiger partial charge in [-0.2, -0.15) is 4.98 Å². The molecule has 1 aliphatic rings. The largest absolute Gasteiger partial charge is 0.489 e. The van der Waals surface area contributed by atoms with Crippen molar-refractivity contribution < 1.29 is 9.53 Å². The number of halogens is 2. The zero-order valence-corrected chi connectivity index (χ0v) is 27.3. The third-order valence-electron chi connectivity index (χ3n) is 7.78. The predicted molar refractivity (Wildman–Crippen MR) is 182 cm³/mol. The summed E-state index contributed by atoms with van der Waals surface area (Å²) in [7, 11) is 0. The van der Waals surface area contributed by atoms with Gasteiger partial charge in [0.1, 0.15) is 18.4 Å². The number of carbonyl (C=O) groups excluding carboxylic acids is 1. The molecule has 1 amide bonds. The number of nitrogens with one attached hydrogen (secondary N) is 2. The third kappa shape index (κ3) is 6.73. The summed E-state index contributed by atoms with van der Waals surface area (Å²) in [6, 6.07) is 28.6. The van der Waals surface area contributed by atoms with Crippen LogP contribution in [0.2, 0.25) is 10.0 Å². The van der Waals surface area contributed by atoms with Crippen LogP contribution >= 0.6 is 35.0 Å². The quantitative estimate of drug-likeness (QED) is 0.154. The Balaban J connectivity index is 1.31. The Morgan fingerprint density at radius 2 is 1.64 bits per heavy atom. The van der Waals surface area contributed by atoms with E-state index in [2.05, 4.69) is 22.8 Å². The van der Waals surface area contributed by atoms with Gasteiger partial charge in [0.05, 0.1) is 5.57 Å². The van der Waals surface area contributed by atoms with Crippen molar-refractivity contribution in [3.8, 4) is 5.75 Å². The number of benzene rings is 4. The number of anilines is 2. The van der Waals surface area contributed by atoms with E-state index in [4.69, 9.17) is 38.0 Å². The van der Waals surface area contributed by atoms with E-state index in [9.17, 15) is 4.79 Å². The van der Waals surface area contributed by atoms with Crippen molar-refractivity contribution in [2.75, 3.05) is 10.6 Å². The highest BCUT2D eigenvalue weighted by Gasteiger charge is 2.34. The van der Waals surface area contributed by atoms with E-state index in [1.807, 2.05) is 81.4 Å². The van der Waals surface area contributed by atoms with Gasteiger partial charge in [-0.1, -0.05) is 95.6 Å². The van der Waals surface area contributed by atoms with Crippen LogP contribution in [0.4, 0.5) is 11.6 Å². The Hall–Kier alpha value is -4.24. The highest BCUT2D eigenvalue weighted by Crippen LogP contribution is 2.38. The summed E-state index contributed by atoms with van der Waals surface area (Å²) in [5, 5.41) is 13.1. The van der Waals surface area contributed by atoms with E-state index >= 15 is 0 Å². The summed E-state index contributed by atoms with van der Waals surface area (Å²) in [5.74, 6) is 1.73. The minimum absolute atomic E-state index is 0.216. The van der Waals surface area contributed by atoms with Gasteiger partial charge in [-0.05, 0) is 73.4 Å². The van der Waals surface area contributed by atoms with Crippen LogP contribution in [0.1, 0.15) is 40.8 Å². The van der Waals surface area contributed by atoms with Gasteiger partial charge >= 0.3 is 0 Å². The Morgan fingerprint density at radius 3 is 2.38 bits per heavy atom. The van der Waals surface area contributed by atoms with Crippen LogP contribution < -0.4 is 15.4 Å². The maximum atomic E-state index is 14.0. The number of fused-ring (bicyclic) bond motifs is 1. The third-order valence-corrected chi connectivity index (χ3v) is 9.40. The van der Waals surface area contributed by atoms with Crippen molar-refractivity contribution in [3.05, 3.63) is 140 Å². The number of hydrogen-bond acceptors (Lipinski definition) is 6. The van der Waals surface area contributed by atoms with Gasteiger partial charge in [0.2, 0.25) is 11.1 Å². The zero-order chi connectivity index (χ0) is 31.5. The number of aromatic nitrogens is 3. The first-order valence-corrected chi connectivity index (χ1v) is 16.2. The first-order valence-electron chi connectivity index (χ1n) is 14.4. The Morgan fingerprint density at radius 1 is 0.933 bits per heavy atom. The van der Waals surface area contributed by atoms with E-state index in [-0.39, 0.29) is 12.5 Å². The van der Waals surface area contributed by atoms with E-state index in [0.717, 1.165) is 33.7 Å². The summed E-state index contributed by atoms with van der Waals surface area (Å²) in [6.07, 6.45) is 0. The summed E-state index contributed by atoms with van der Waals surface area (Å²) < 4.78 is 7.82. The fourth-order valence-corrected chi connectivity index (χ4v) is 6.46. The Bertz CT molecular complexity index is 1870. The lowest BCUT2D eigenvalue weighted by Gasteiger charge is -2.29. The molecule has 0 spiro atoms. The van der Waals surface area contributed by atoms with Gasteiger partial charge in [0.25, 0.3) is 5.91 Å². The molecule has 2 N–H and O–H groups in total. The van der Waals surface area contributed by atoms with Gasteiger partial charge in [-0.15, -0.1) is 5.10 Å². The maximum Gasteiger partial charge on any atom is 0.255 e. The molecule has 0 bridgehead atoms. The standard InChI is InChI=1S/C35H31Cl2N5O2S/c1-21-9-7-14-30(22(21)2)39-33(43)31-23(3)38-34-40-35(45-20-24-10-5-4-6-11-24)41-42(34)32(31)25-15-17-26(18-16-25)44-19-27-28(36)12-8-13-29(27)37/h4-18,32H,19-20H2,1-3H3,(H,39,43)(H,38,40,41). The minimum Gasteiger partial charge on any atom is -0.489 e. The van der Waals surface area contributed by atoms with Gasteiger partial charge in [-0.3, -0.25) is 4.79 Å². The molecule has 1 aromatic heterocycles. The molecule has 228 valence electrons. The van der Waals surface area contributed by atoms with Crippen LogP contribution in [0.5, 0.6) is 5.75 Å². The number of amides is 1. The average Bonchev–Trinajstić information content (AvgIpc) is 3.44. The Labute approximate surface area is 276 Å². The molecule has 1 aliphatic heterocycles. The first-order chi connectivity index (χ1) is 21.8. The molecule has 0 aliphatic carbocycles. The summed E-state index contributed by atoms with van der Waals surface area (Å²) in [6.45, 7) is 6.15. The molecule has 0 saturated carbocycles. The second-order valence-electron chi connectivity index (χ2n) is 10.8. The van der Waals surface area contributed by atoms with E-state index in [0.29, 0.717) is 38.2 Å². The van der Waals surface area contributed by atoms with E-state index in [1.54, 1.807) is 34.6 Å². The van der Waals surface area contributed by atoms with Gasteiger partial charge in [0.15, 0.2) is 0 Å². The molecular formula is C35H31Cl2N5O2S. The second-order valence-corrected chi connectivity index (χ2v) is 12.5. The van der Waals surface area contributed by atoms with E-state index in [1.165, 1.54) is 5.56 Å². The minimum atomic E-state index is -0.531. The molecule has 0 saturated heterocycles. The monoisotopic (exact) mass is 655 g/mol. The number of rotatable bonds is 9. The smallest absolute Gasteiger partial charge is 0.255 e. The maximum absolute atomic E-state index is 14.0. The fraction of sp³-hybridized carbons (Fsp3) is 0.171. The number of carbonyl (C=O) groups is 1. The molecule has 1 unspecified atom stereocenters. The molecule has 2 heterocycles.